The van der Waals surface area contributed by atoms with Gasteiger partial charge in [0.05, 0.1) is 0 Å². The first-order valence-electron chi connectivity index (χ1n) is 5.41. The molecule has 0 aliphatic heterocycles. The highest BCUT2D eigenvalue weighted by atomic mass is 19.2. The van der Waals surface area contributed by atoms with E-state index in [-0.39, 0.29) is 6.07 Å². The van der Waals surface area contributed by atoms with Crippen LogP contribution in [0.15, 0.2) is 16.9 Å². The minimum absolute atomic E-state index is 0.254. The predicted molar refractivity (Wildman–Crippen MR) is 66.2 cm³/mol. The van der Waals surface area contributed by atoms with Gasteiger partial charge in [-0.3, -0.25) is 4.79 Å². The summed E-state index contributed by atoms with van der Waals surface area (Å²) in [6.07, 6.45) is 0. The van der Waals surface area contributed by atoms with Crippen molar-refractivity contribution in [2.24, 2.45) is 0 Å². The van der Waals surface area contributed by atoms with Crippen molar-refractivity contribution in [3.8, 4) is 23.3 Å². The van der Waals surface area contributed by atoms with Gasteiger partial charge < -0.3 is 10.7 Å². The number of anilines is 1. The predicted octanol–water partition coefficient (Wildman–Crippen LogP) is 1.78. The molecule has 2 aromatic rings. The molecule has 3 N–H and O–H groups in total. The molecule has 0 amide bonds. The summed E-state index contributed by atoms with van der Waals surface area (Å²) in [5.41, 5.74) is 2.37. The SMILES string of the molecule is N#Cc1c(N)[nH]c(=O)c(C#N)c1-c1cc(F)c(F)cc1F. The van der Waals surface area contributed by atoms with Crippen molar-refractivity contribution in [3.63, 3.8) is 0 Å². The molecular formula is C13H5F3N4O. The average Bonchev–Trinajstić information content (AvgIpc) is 2.42. The smallest absolute Gasteiger partial charge is 0.268 e. The molecular weight excluding hydrogens is 285 g/mol. The fourth-order valence-corrected chi connectivity index (χ4v) is 1.83. The molecule has 2 rings (SSSR count). The summed E-state index contributed by atoms with van der Waals surface area (Å²) in [6, 6.07) is 3.80. The van der Waals surface area contributed by atoms with Gasteiger partial charge >= 0.3 is 0 Å². The third kappa shape index (κ3) is 2.19. The van der Waals surface area contributed by atoms with Gasteiger partial charge in [0.25, 0.3) is 5.56 Å². The molecule has 0 radical (unpaired) electrons. The van der Waals surface area contributed by atoms with Gasteiger partial charge in [-0.15, -0.1) is 0 Å². The van der Waals surface area contributed by atoms with Gasteiger partial charge in [0.2, 0.25) is 0 Å². The molecule has 0 atom stereocenters. The van der Waals surface area contributed by atoms with E-state index >= 15 is 0 Å². The summed E-state index contributed by atoms with van der Waals surface area (Å²) in [7, 11) is 0. The molecule has 1 heterocycles. The van der Waals surface area contributed by atoms with E-state index in [2.05, 4.69) is 4.98 Å². The Labute approximate surface area is 115 Å². The van der Waals surface area contributed by atoms with E-state index in [0.29, 0.717) is 6.07 Å². The van der Waals surface area contributed by atoms with Crippen LogP contribution in [-0.4, -0.2) is 4.98 Å². The molecule has 8 heteroatoms. The van der Waals surface area contributed by atoms with E-state index in [9.17, 15) is 18.0 Å². The van der Waals surface area contributed by atoms with E-state index in [1.807, 2.05) is 0 Å². The van der Waals surface area contributed by atoms with Gasteiger partial charge in [-0.05, 0) is 6.07 Å². The number of pyridine rings is 1. The first kappa shape index (κ1) is 14.2. The summed E-state index contributed by atoms with van der Waals surface area (Å²) in [5, 5.41) is 18.0. The van der Waals surface area contributed by atoms with Gasteiger partial charge in [-0.25, -0.2) is 13.2 Å². The number of H-pyrrole nitrogens is 1. The first-order valence-corrected chi connectivity index (χ1v) is 5.41. The lowest BCUT2D eigenvalue weighted by atomic mass is 9.96. The van der Waals surface area contributed by atoms with Crippen LogP contribution in [0.2, 0.25) is 0 Å². The molecule has 0 bridgehead atoms. The van der Waals surface area contributed by atoms with Crippen molar-refractivity contribution >= 4 is 5.82 Å². The summed E-state index contributed by atoms with van der Waals surface area (Å²) >= 11 is 0. The minimum Gasteiger partial charge on any atom is -0.384 e. The number of rotatable bonds is 1. The number of aromatic amines is 1. The van der Waals surface area contributed by atoms with Crippen LogP contribution in [0.1, 0.15) is 11.1 Å². The second-order valence-corrected chi connectivity index (χ2v) is 3.96. The van der Waals surface area contributed by atoms with Crippen LogP contribution in [0.5, 0.6) is 0 Å². The standard InChI is InChI=1S/C13H5F3N4O/c14-8-2-10(16)9(15)1-5(8)11-6(3-17)12(19)20-13(21)7(11)4-18/h1-2H,(H3,19,20,21). The number of nitrogens with one attached hydrogen (secondary N) is 1. The van der Waals surface area contributed by atoms with Crippen molar-refractivity contribution in [1.82, 2.24) is 4.98 Å². The van der Waals surface area contributed by atoms with Crippen LogP contribution in [0.25, 0.3) is 11.1 Å². The fourth-order valence-electron chi connectivity index (χ4n) is 1.83. The number of nitrogens with zero attached hydrogens (tertiary/aromatic N) is 2. The second kappa shape index (κ2) is 5.02. The molecule has 104 valence electrons. The van der Waals surface area contributed by atoms with Gasteiger partial charge in [-0.1, -0.05) is 0 Å². The number of aromatic nitrogens is 1. The summed E-state index contributed by atoms with van der Waals surface area (Å²) in [5.74, 6) is -4.46. The lowest BCUT2D eigenvalue weighted by molar-refractivity contribution is 0.496. The summed E-state index contributed by atoms with van der Waals surface area (Å²) in [4.78, 5) is 13.7. The Hall–Kier alpha value is -3.26. The molecule has 0 spiro atoms. The van der Waals surface area contributed by atoms with Crippen molar-refractivity contribution in [2.75, 3.05) is 5.73 Å². The third-order valence-electron chi connectivity index (χ3n) is 2.75. The summed E-state index contributed by atoms with van der Waals surface area (Å²) < 4.78 is 40.1. The number of hydrogen-bond donors (Lipinski definition) is 2. The largest absolute Gasteiger partial charge is 0.384 e. The van der Waals surface area contributed by atoms with E-state index in [1.54, 1.807) is 6.07 Å². The van der Waals surface area contributed by atoms with Gasteiger partial charge in [-0.2, -0.15) is 10.5 Å². The topological polar surface area (TPSA) is 106 Å². The Kier molecular flexibility index (Phi) is 3.38. The molecule has 0 aliphatic carbocycles. The lowest BCUT2D eigenvalue weighted by Gasteiger charge is -2.10. The molecule has 0 unspecified atom stereocenters. The van der Waals surface area contributed by atoms with E-state index in [4.69, 9.17) is 16.3 Å². The maximum absolute atomic E-state index is 13.8. The van der Waals surface area contributed by atoms with Crippen LogP contribution in [0, 0.1) is 40.1 Å². The number of nitriles is 2. The Morgan fingerprint density at radius 1 is 1.00 bits per heavy atom. The van der Waals surface area contributed by atoms with E-state index in [1.165, 1.54) is 6.07 Å². The Bertz CT molecular complexity index is 890. The first-order chi connectivity index (χ1) is 9.90. The Morgan fingerprint density at radius 2 is 1.57 bits per heavy atom. The normalized spacial score (nSPS) is 9.95. The molecule has 1 aromatic heterocycles. The molecule has 0 saturated heterocycles. The van der Waals surface area contributed by atoms with Crippen LogP contribution in [0.3, 0.4) is 0 Å². The Morgan fingerprint density at radius 3 is 2.14 bits per heavy atom. The second-order valence-electron chi connectivity index (χ2n) is 3.96. The van der Waals surface area contributed by atoms with E-state index in [0.717, 1.165) is 0 Å². The Balaban J connectivity index is 3.00. The monoisotopic (exact) mass is 290 g/mol. The quantitative estimate of drug-likeness (QED) is 0.780. The lowest BCUT2D eigenvalue weighted by Crippen LogP contribution is -2.16. The molecule has 0 saturated carbocycles. The highest BCUT2D eigenvalue weighted by Crippen LogP contribution is 2.31. The van der Waals surface area contributed by atoms with Crippen LogP contribution in [-0.2, 0) is 0 Å². The molecule has 1 aromatic carbocycles. The van der Waals surface area contributed by atoms with Gasteiger partial charge in [0, 0.05) is 17.2 Å². The molecule has 0 fully saturated rings. The number of benzene rings is 1. The van der Waals surface area contributed by atoms with Gasteiger partial charge in [0.1, 0.15) is 34.9 Å². The minimum atomic E-state index is -1.44. The molecule has 5 nitrogen and oxygen atoms in total. The zero-order chi connectivity index (χ0) is 15.7. The maximum Gasteiger partial charge on any atom is 0.268 e. The van der Waals surface area contributed by atoms with Crippen molar-refractivity contribution in [2.45, 2.75) is 0 Å². The highest BCUT2D eigenvalue weighted by molar-refractivity contribution is 5.80. The number of nitrogens with two attached hydrogens (primary N) is 1. The molecule has 0 aliphatic rings. The van der Waals surface area contributed by atoms with Crippen LogP contribution < -0.4 is 11.3 Å². The highest BCUT2D eigenvalue weighted by Gasteiger charge is 2.22. The number of hydrogen-bond acceptors (Lipinski definition) is 4. The number of halogens is 3. The maximum atomic E-state index is 13.8. The third-order valence-corrected chi connectivity index (χ3v) is 2.75. The summed E-state index contributed by atoms with van der Waals surface area (Å²) in [6.45, 7) is 0. The molecule has 21 heavy (non-hydrogen) atoms. The van der Waals surface area contributed by atoms with Crippen molar-refractivity contribution in [3.05, 3.63) is 51.1 Å². The average molecular weight is 290 g/mol. The van der Waals surface area contributed by atoms with Gasteiger partial charge in [0.15, 0.2) is 11.6 Å². The van der Waals surface area contributed by atoms with Crippen LogP contribution in [0.4, 0.5) is 19.0 Å². The van der Waals surface area contributed by atoms with Crippen molar-refractivity contribution in [1.29, 1.82) is 10.5 Å². The number of nitrogen functional groups attached to an aromatic ring is 1. The zero-order valence-electron chi connectivity index (χ0n) is 10.2. The van der Waals surface area contributed by atoms with Crippen LogP contribution >= 0.6 is 0 Å². The van der Waals surface area contributed by atoms with Crippen molar-refractivity contribution < 1.29 is 13.2 Å². The zero-order valence-corrected chi connectivity index (χ0v) is 10.2. The fraction of sp³-hybridized carbons (Fsp3) is 0. The van der Waals surface area contributed by atoms with E-state index < -0.39 is 51.1 Å².